The van der Waals surface area contributed by atoms with Gasteiger partial charge in [-0.1, -0.05) is 7.43 Å². The fourth-order valence-electron chi connectivity index (χ4n) is 6.69. The molecule has 230 valence electrons. The molecule has 41 heavy (non-hydrogen) atoms. The lowest BCUT2D eigenvalue weighted by Crippen LogP contribution is -2.28. The summed E-state index contributed by atoms with van der Waals surface area (Å²) in [7, 11) is 0. The van der Waals surface area contributed by atoms with E-state index in [0.717, 1.165) is 63.5 Å². The Kier molecular flexibility index (Phi) is 10.7. The van der Waals surface area contributed by atoms with E-state index in [2.05, 4.69) is 4.90 Å². The van der Waals surface area contributed by atoms with Crippen LogP contribution >= 0.6 is 24.8 Å². The maximum absolute atomic E-state index is 13.0. The molecule has 2 aromatic rings. The van der Waals surface area contributed by atoms with Crippen LogP contribution in [0.3, 0.4) is 0 Å². The third-order valence-electron chi connectivity index (χ3n) is 8.33. The van der Waals surface area contributed by atoms with E-state index in [1.807, 2.05) is 4.90 Å². The number of fused-ring (bicyclic) bond motifs is 4. The molecule has 0 unspecified atom stereocenters. The molecule has 0 atom stereocenters. The SMILES string of the molecule is C.Cl.Cl.Nc1ccc(N2C3CCC2CC3)cc1C(F)(F)F.O=[N+]([O-])c1ccc(N2C3CCC2CC3)cc1C(F)(F)F. The van der Waals surface area contributed by atoms with E-state index in [-0.39, 0.29) is 50.0 Å². The van der Waals surface area contributed by atoms with E-state index >= 15 is 0 Å². The van der Waals surface area contributed by atoms with Gasteiger partial charge in [0.25, 0.3) is 5.69 Å². The molecular formula is C27H34Cl2F6N4O2. The minimum atomic E-state index is -4.71. The van der Waals surface area contributed by atoms with Gasteiger partial charge in [-0.15, -0.1) is 24.8 Å². The number of nitrogens with zero attached hydrogens (tertiary/aromatic N) is 3. The number of halogens is 8. The summed E-state index contributed by atoms with van der Waals surface area (Å²) in [6.45, 7) is 0. The average Bonchev–Trinajstić information content (AvgIpc) is 3.64. The van der Waals surface area contributed by atoms with Crippen molar-refractivity contribution in [2.45, 2.75) is 95.3 Å². The van der Waals surface area contributed by atoms with E-state index in [9.17, 15) is 36.5 Å². The first-order valence-corrected chi connectivity index (χ1v) is 12.7. The molecule has 4 bridgehead atoms. The monoisotopic (exact) mass is 630 g/mol. The fraction of sp³-hybridized carbons (Fsp3) is 0.556. The van der Waals surface area contributed by atoms with Crippen molar-refractivity contribution >= 4 is 47.6 Å². The molecule has 4 heterocycles. The third-order valence-corrected chi connectivity index (χ3v) is 8.33. The lowest BCUT2D eigenvalue weighted by atomic mass is 10.0. The van der Waals surface area contributed by atoms with E-state index in [0.29, 0.717) is 23.5 Å². The van der Waals surface area contributed by atoms with Crippen molar-refractivity contribution < 1.29 is 31.3 Å². The number of nitrogen functional groups attached to an aromatic ring is 1. The first-order valence-electron chi connectivity index (χ1n) is 12.7. The molecule has 0 spiro atoms. The number of anilines is 3. The first kappa shape index (κ1) is 34.6. The molecule has 4 aliphatic heterocycles. The summed E-state index contributed by atoms with van der Waals surface area (Å²) in [4.78, 5) is 13.9. The van der Waals surface area contributed by atoms with Crippen LogP contribution in [0, 0.1) is 10.1 Å². The second-order valence-corrected chi connectivity index (χ2v) is 10.5. The van der Waals surface area contributed by atoms with Gasteiger partial charge in [0.15, 0.2) is 0 Å². The van der Waals surface area contributed by atoms with Crippen LogP contribution in [0.15, 0.2) is 36.4 Å². The van der Waals surface area contributed by atoms with Gasteiger partial charge >= 0.3 is 12.4 Å². The summed E-state index contributed by atoms with van der Waals surface area (Å²) in [5, 5.41) is 10.7. The topological polar surface area (TPSA) is 75.6 Å². The van der Waals surface area contributed by atoms with Gasteiger partial charge in [-0.3, -0.25) is 10.1 Å². The molecule has 4 aliphatic rings. The Morgan fingerprint density at radius 3 is 1.37 bits per heavy atom. The van der Waals surface area contributed by atoms with Gasteiger partial charge < -0.3 is 15.5 Å². The van der Waals surface area contributed by atoms with Crippen molar-refractivity contribution in [3.8, 4) is 0 Å². The summed E-state index contributed by atoms with van der Waals surface area (Å²) in [5.41, 5.74) is 3.59. The lowest BCUT2D eigenvalue weighted by molar-refractivity contribution is -0.388. The second kappa shape index (κ2) is 12.7. The van der Waals surface area contributed by atoms with E-state index in [1.54, 1.807) is 6.07 Å². The number of rotatable bonds is 3. The van der Waals surface area contributed by atoms with E-state index < -0.39 is 34.1 Å². The standard InChI is InChI=1S/C13H13F3N2O2.C13H15F3N2.CH4.2ClH/c14-13(15,16)11-7-10(5-6-12(11)18(19)20)17-8-1-2-9(17)4-3-8;14-13(15,16)11-7-10(5-6-12(11)17)18-8-1-2-9(18)4-3-8;;;/h5-9H,1-4H2;5-9H,1-4,17H2;1H4;2*1H. The Morgan fingerprint density at radius 2 is 1.02 bits per heavy atom. The first-order chi connectivity index (χ1) is 17.8. The van der Waals surface area contributed by atoms with Crippen molar-refractivity contribution in [1.29, 1.82) is 0 Å². The summed E-state index contributed by atoms with van der Waals surface area (Å²) < 4.78 is 77.4. The number of hydrogen-bond donors (Lipinski definition) is 1. The minimum absolute atomic E-state index is 0. The Balaban J connectivity index is 0.000000268. The van der Waals surface area contributed by atoms with Crippen molar-refractivity contribution in [3.63, 3.8) is 0 Å². The predicted octanol–water partition coefficient (Wildman–Crippen LogP) is 8.64. The Morgan fingerprint density at radius 1 is 0.683 bits per heavy atom. The molecule has 2 N–H and O–H groups in total. The average molecular weight is 631 g/mol. The molecule has 0 saturated carbocycles. The zero-order valence-corrected chi connectivity index (χ0v) is 22.9. The van der Waals surface area contributed by atoms with Gasteiger partial charge in [-0.2, -0.15) is 26.3 Å². The van der Waals surface area contributed by atoms with Crippen LogP contribution in [0.5, 0.6) is 0 Å². The van der Waals surface area contributed by atoms with Crippen LogP contribution in [0.25, 0.3) is 0 Å². The largest absolute Gasteiger partial charge is 0.423 e. The summed E-state index contributed by atoms with van der Waals surface area (Å²) in [5.74, 6) is 0. The molecule has 4 saturated heterocycles. The Labute approximate surface area is 247 Å². The number of nitrogens with two attached hydrogens (primary N) is 1. The highest BCUT2D eigenvalue weighted by molar-refractivity contribution is 5.85. The van der Waals surface area contributed by atoms with Crippen LogP contribution in [0.1, 0.15) is 69.9 Å². The third kappa shape index (κ3) is 6.74. The summed E-state index contributed by atoms with van der Waals surface area (Å²) in [6, 6.07) is 9.00. The van der Waals surface area contributed by atoms with E-state index in [1.165, 1.54) is 18.2 Å². The molecule has 0 radical (unpaired) electrons. The van der Waals surface area contributed by atoms with Crippen LogP contribution in [0.4, 0.5) is 49.1 Å². The number of hydrogen-bond acceptors (Lipinski definition) is 5. The summed E-state index contributed by atoms with van der Waals surface area (Å²) in [6.07, 6.45) is -0.756. The number of alkyl halides is 6. The number of nitro groups is 1. The van der Waals surface area contributed by atoms with Gasteiger partial charge in [0.1, 0.15) is 5.56 Å². The smallest absolute Gasteiger partial charge is 0.398 e. The molecule has 6 rings (SSSR count). The van der Waals surface area contributed by atoms with Crippen molar-refractivity contribution in [2.75, 3.05) is 15.5 Å². The van der Waals surface area contributed by atoms with Gasteiger partial charge in [-0.05, 0) is 81.7 Å². The molecule has 4 fully saturated rings. The lowest BCUT2D eigenvalue weighted by Gasteiger charge is -2.25. The molecule has 0 aliphatic carbocycles. The van der Waals surface area contributed by atoms with Gasteiger partial charge in [0.05, 0.1) is 10.5 Å². The second-order valence-electron chi connectivity index (χ2n) is 10.5. The van der Waals surface area contributed by atoms with Crippen LogP contribution in [-0.2, 0) is 12.4 Å². The maximum atomic E-state index is 13.0. The van der Waals surface area contributed by atoms with Gasteiger partial charge in [0, 0.05) is 47.3 Å². The highest BCUT2D eigenvalue weighted by Crippen LogP contribution is 2.45. The van der Waals surface area contributed by atoms with Crippen LogP contribution in [0.2, 0.25) is 0 Å². The summed E-state index contributed by atoms with van der Waals surface area (Å²) >= 11 is 0. The molecular weight excluding hydrogens is 597 g/mol. The van der Waals surface area contributed by atoms with Crippen molar-refractivity contribution in [2.24, 2.45) is 0 Å². The molecule has 2 aromatic carbocycles. The predicted molar refractivity (Wildman–Crippen MR) is 152 cm³/mol. The number of benzene rings is 2. The molecule has 6 nitrogen and oxygen atoms in total. The van der Waals surface area contributed by atoms with Crippen LogP contribution < -0.4 is 15.5 Å². The minimum Gasteiger partial charge on any atom is -0.398 e. The fourth-order valence-corrected chi connectivity index (χ4v) is 6.69. The zero-order valence-electron chi connectivity index (χ0n) is 21.3. The van der Waals surface area contributed by atoms with Crippen molar-refractivity contribution in [1.82, 2.24) is 0 Å². The van der Waals surface area contributed by atoms with Crippen molar-refractivity contribution in [3.05, 3.63) is 57.6 Å². The Bertz CT molecular complexity index is 1190. The maximum Gasteiger partial charge on any atom is 0.423 e. The molecule has 0 amide bonds. The normalized spacial score (nSPS) is 24.1. The van der Waals surface area contributed by atoms with Gasteiger partial charge in [-0.25, -0.2) is 0 Å². The quantitative estimate of drug-likeness (QED) is 0.159. The molecule has 14 heteroatoms. The highest BCUT2D eigenvalue weighted by Gasteiger charge is 2.43. The Hall–Kier alpha value is -2.60. The highest BCUT2D eigenvalue weighted by atomic mass is 35.5. The van der Waals surface area contributed by atoms with Gasteiger partial charge in [0.2, 0.25) is 0 Å². The number of nitro benzene ring substituents is 1. The van der Waals surface area contributed by atoms with E-state index in [4.69, 9.17) is 5.73 Å². The zero-order chi connectivity index (χ0) is 27.4. The van der Waals surface area contributed by atoms with Crippen LogP contribution in [-0.4, -0.2) is 29.1 Å². The molecule has 0 aromatic heterocycles.